The lowest BCUT2D eigenvalue weighted by molar-refractivity contribution is -0.696. The number of halogens is 1. The summed E-state index contributed by atoms with van der Waals surface area (Å²) in [4.78, 5) is 0. The van der Waals surface area contributed by atoms with Gasteiger partial charge in [-0.15, -0.1) is 0 Å². The summed E-state index contributed by atoms with van der Waals surface area (Å²) in [5, 5.41) is 0. The molecule has 0 radical (unpaired) electrons. The van der Waals surface area contributed by atoms with E-state index < -0.39 is 0 Å². The number of aryl methyl sites for hydroxylation is 1. The van der Waals surface area contributed by atoms with Crippen molar-refractivity contribution in [3.8, 4) is 0 Å². The van der Waals surface area contributed by atoms with E-state index in [0.29, 0.717) is 0 Å². The van der Waals surface area contributed by atoms with E-state index in [1.165, 1.54) is 12.8 Å². The Balaban J connectivity index is 0.000001000. The Labute approximate surface area is 79.2 Å². The van der Waals surface area contributed by atoms with Gasteiger partial charge in [-0.1, -0.05) is 13.3 Å². The standard InChI is InChI=1S/C7H13N2S.ClH/c1-2-3-4-8-5-6-9(10)7-8;/h5-7,10H,2-4H2,1H3;1H/q+1;/p-1. The molecule has 0 aliphatic carbocycles. The first kappa shape index (κ1) is 10.8. The molecule has 0 aliphatic heterocycles. The fraction of sp³-hybridized carbons (Fsp3) is 0.571. The highest BCUT2D eigenvalue weighted by atomic mass is 35.5. The predicted molar refractivity (Wildman–Crippen MR) is 43.9 cm³/mol. The van der Waals surface area contributed by atoms with Crippen molar-refractivity contribution in [3.05, 3.63) is 18.7 Å². The molecule has 1 aromatic heterocycles. The maximum absolute atomic E-state index is 4.12. The second-order valence-corrected chi connectivity index (χ2v) is 2.85. The van der Waals surface area contributed by atoms with Gasteiger partial charge in [-0.05, 0) is 6.42 Å². The van der Waals surface area contributed by atoms with Crippen molar-refractivity contribution in [2.75, 3.05) is 0 Å². The molecule has 0 aliphatic rings. The molecule has 0 fully saturated rings. The van der Waals surface area contributed by atoms with Crippen LogP contribution in [0.3, 0.4) is 0 Å². The Morgan fingerprint density at radius 2 is 2.27 bits per heavy atom. The molecule has 1 rings (SSSR count). The number of hydrogen-bond donors (Lipinski definition) is 1. The minimum absolute atomic E-state index is 0. The van der Waals surface area contributed by atoms with E-state index in [9.17, 15) is 0 Å². The van der Waals surface area contributed by atoms with Crippen LogP contribution < -0.4 is 17.0 Å². The summed E-state index contributed by atoms with van der Waals surface area (Å²) in [5.74, 6) is 0. The highest BCUT2D eigenvalue weighted by molar-refractivity contribution is 7.78. The molecule has 0 spiro atoms. The zero-order valence-corrected chi connectivity index (χ0v) is 8.22. The van der Waals surface area contributed by atoms with Crippen LogP contribution in [0, 0.1) is 0 Å². The van der Waals surface area contributed by atoms with Crippen LogP contribution in [-0.2, 0) is 6.54 Å². The molecule has 0 aromatic carbocycles. The summed E-state index contributed by atoms with van der Waals surface area (Å²) in [6.45, 7) is 3.29. The summed E-state index contributed by atoms with van der Waals surface area (Å²) >= 11 is 4.12. The maximum Gasteiger partial charge on any atom is 0.255 e. The average Bonchev–Trinajstić information content (AvgIpc) is 2.31. The molecule has 1 aromatic rings. The molecule has 0 bridgehead atoms. The average molecular weight is 193 g/mol. The van der Waals surface area contributed by atoms with Gasteiger partial charge >= 0.3 is 0 Å². The second kappa shape index (κ2) is 5.49. The summed E-state index contributed by atoms with van der Waals surface area (Å²) in [6, 6.07) is 0. The number of unbranched alkanes of at least 4 members (excludes halogenated alkanes) is 1. The van der Waals surface area contributed by atoms with Gasteiger partial charge in [0.15, 0.2) is 0 Å². The lowest BCUT2D eigenvalue weighted by atomic mass is 10.3. The fourth-order valence-electron chi connectivity index (χ4n) is 0.856. The third kappa shape index (κ3) is 3.68. The normalized spacial score (nSPS) is 9.27. The summed E-state index contributed by atoms with van der Waals surface area (Å²) in [7, 11) is 0. The topological polar surface area (TPSA) is 8.81 Å². The van der Waals surface area contributed by atoms with Crippen molar-refractivity contribution in [2.24, 2.45) is 0 Å². The molecule has 1 heterocycles. The molecule has 11 heavy (non-hydrogen) atoms. The first-order valence-electron chi connectivity index (χ1n) is 3.59. The summed E-state index contributed by atoms with van der Waals surface area (Å²) in [6.07, 6.45) is 8.41. The molecule has 64 valence electrons. The van der Waals surface area contributed by atoms with Gasteiger partial charge in [-0.2, -0.15) is 3.97 Å². The van der Waals surface area contributed by atoms with E-state index in [1.807, 2.05) is 18.7 Å². The van der Waals surface area contributed by atoms with Crippen molar-refractivity contribution < 1.29 is 17.0 Å². The maximum atomic E-state index is 4.12. The summed E-state index contributed by atoms with van der Waals surface area (Å²) in [5.41, 5.74) is 0. The van der Waals surface area contributed by atoms with Crippen molar-refractivity contribution in [1.29, 1.82) is 0 Å². The van der Waals surface area contributed by atoms with E-state index in [-0.39, 0.29) is 12.4 Å². The number of thiol groups is 1. The van der Waals surface area contributed by atoms with Gasteiger partial charge in [0.25, 0.3) is 6.33 Å². The monoisotopic (exact) mass is 192 g/mol. The molecule has 0 saturated heterocycles. The van der Waals surface area contributed by atoms with E-state index in [4.69, 9.17) is 0 Å². The number of imidazole rings is 1. The van der Waals surface area contributed by atoms with Crippen LogP contribution in [0.4, 0.5) is 0 Å². The molecular formula is C7H13ClN2S. The molecule has 0 N–H and O–H groups in total. The largest absolute Gasteiger partial charge is 1.00 e. The number of aromatic nitrogens is 2. The smallest absolute Gasteiger partial charge is 0.255 e. The number of hydrogen-bond acceptors (Lipinski definition) is 1. The quantitative estimate of drug-likeness (QED) is 0.431. The highest BCUT2D eigenvalue weighted by Gasteiger charge is 1.97. The Morgan fingerprint density at radius 1 is 1.55 bits per heavy atom. The van der Waals surface area contributed by atoms with E-state index in [0.717, 1.165) is 6.54 Å². The SMILES string of the molecule is CCCC[n+]1ccn(S)c1.[Cl-]. The second-order valence-electron chi connectivity index (χ2n) is 2.39. The number of nitrogens with zero attached hydrogens (tertiary/aromatic N) is 2. The van der Waals surface area contributed by atoms with Gasteiger partial charge in [-0.25, -0.2) is 4.57 Å². The predicted octanol–water partition coefficient (Wildman–Crippen LogP) is -1.73. The van der Waals surface area contributed by atoms with Crippen LogP contribution in [0.1, 0.15) is 19.8 Å². The van der Waals surface area contributed by atoms with Crippen molar-refractivity contribution in [3.63, 3.8) is 0 Å². The van der Waals surface area contributed by atoms with E-state index >= 15 is 0 Å². The molecule has 4 heteroatoms. The van der Waals surface area contributed by atoms with Crippen LogP contribution in [0.5, 0.6) is 0 Å². The van der Waals surface area contributed by atoms with Gasteiger partial charge in [0.1, 0.15) is 12.4 Å². The molecule has 0 amide bonds. The third-order valence-corrected chi connectivity index (χ3v) is 1.68. The van der Waals surface area contributed by atoms with Crippen molar-refractivity contribution >= 4 is 12.8 Å². The molecular weight excluding hydrogens is 180 g/mol. The fourth-order valence-corrected chi connectivity index (χ4v) is 1.05. The highest BCUT2D eigenvalue weighted by Crippen LogP contribution is 1.88. The summed E-state index contributed by atoms with van der Waals surface area (Å²) < 4.78 is 3.89. The van der Waals surface area contributed by atoms with Gasteiger partial charge in [-0.3, -0.25) is 0 Å². The van der Waals surface area contributed by atoms with Gasteiger partial charge in [0.2, 0.25) is 0 Å². The zero-order valence-electron chi connectivity index (χ0n) is 6.57. The minimum Gasteiger partial charge on any atom is -1.00 e. The van der Waals surface area contributed by atoms with Gasteiger partial charge in [0, 0.05) is 12.8 Å². The first-order valence-corrected chi connectivity index (χ1v) is 3.99. The lowest BCUT2D eigenvalue weighted by Crippen LogP contribution is -3.00. The minimum atomic E-state index is 0. The Hall–Kier alpha value is -0.150. The Kier molecular flexibility index (Phi) is 5.42. The van der Waals surface area contributed by atoms with Crippen molar-refractivity contribution in [1.82, 2.24) is 3.97 Å². The van der Waals surface area contributed by atoms with Crippen LogP contribution in [0.2, 0.25) is 0 Å². The number of rotatable bonds is 3. The van der Waals surface area contributed by atoms with Crippen LogP contribution in [-0.4, -0.2) is 3.97 Å². The van der Waals surface area contributed by atoms with Crippen LogP contribution >= 0.6 is 12.8 Å². The van der Waals surface area contributed by atoms with Gasteiger partial charge < -0.3 is 12.4 Å². The lowest BCUT2D eigenvalue weighted by Gasteiger charge is -1.90. The molecule has 0 saturated carbocycles. The Bertz CT molecular complexity index is 200. The van der Waals surface area contributed by atoms with Crippen LogP contribution in [0.25, 0.3) is 0 Å². The van der Waals surface area contributed by atoms with Gasteiger partial charge in [0.05, 0.1) is 6.54 Å². The third-order valence-electron chi connectivity index (χ3n) is 1.45. The molecule has 0 atom stereocenters. The first-order chi connectivity index (χ1) is 4.83. The molecule has 0 unspecified atom stereocenters. The van der Waals surface area contributed by atoms with E-state index in [2.05, 4.69) is 24.3 Å². The zero-order chi connectivity index (χ0) is 7.40. The van der Waals surface area contributed by atoms with Crippen molar-refractivity contribution in [2.45, 2.75) is 26.3 Å². The molecule has 2 nitrogen and oxygen atoms in total. The van der Waals surface area contributed by atoms with Crippen LogP contribution in [0.15, 0.2) is 18.7 Å². The van der Waals surface area contributed by atoms with E-state index in [1.54, 1.807) is 3.97 Å². The Morgan fingerprint density at radius 3 is 2.73 bits per heavy atom.